The number of rotatable bonds is 1. The molecule has 2 N–H and O–H groups in total. The van der Waals surface area contributed by atoms with Crippen molar-refractivity contribution in [3.8, 4) is 0 Å². The second kappa shape index (κ2) is 3.91. The monoisotopic (exact) mass is 213 g/mol. The Morgan fingerprint density at radius 1 is 1.54 bits per heavy atom. The molecule has 1 aromatic carbocycles. The second-order valence-corrected chi connectivity index (χ2v) is 4.83. The van der Waals surface area contributed by atoms with Gasteiger partial charge in [0, 0.05) is 9.92 Å². The van der Waals surface area contributed by atoms with Crippen molar-refractivity contribution in [2.24, 2.45) is 5.73 Å². The van der Waals surface area contributed by atoms with E-state index in [9.17, 15) is 0 Å². The van der Waals surface area contributed by atoms with E-state index >= 15 is 0 Å². The van der Waals surface area contributed by atoms with E-state index in [1.807, 2.05) is 17.8 Å². The van der Waals surface area contributed by atoms with Crippen molar-refractivity contribution in [1.29, 1.82) is 0 Å². The van der Waals surface area contributed by atoms with E-state index in [1.54, 1.807) is 0 Å². The lowest BCUT2D eigenvalue weighted by molar-refractivity contribution is 0.658. The van der Waals surface area contributed by atoms with Crippen LogP contribution in [0.25, 0.3) is 0 Å². The number of halogens is 1. The molecule has 0 spiro atoms. The molecule has 0 fully saturated rings. The van der Waals surface area contributed by atoms with Gasteiger partial charge in [0.15, 0.2) is 0 Å². The summed E-state index contributed by atoms with van der Waals surface area (Å²) in [5.74, 6) is 1.69. The van der Waals surface area contributed by atoms with Gasteiger partial charge < -0.3 is 5.73 Å². The van der Waals surface area contributed by atoms with Gasteiger partial charge >= 0.3 is 0 Å². The lowest BCUT2D eigenvalue weighted by Crippen LogP contribution is -2.16. The maximum Gasteiger partial charge on any atom is 0.0409 e. The maximum atomic E-state index is 5.95. The van der Waals surface area contributed by atoms with E-state index in [1.165, 1.54) is 22.6 Å². The summed E-state index contributed by atoms with van der Waals surface area (Å²) in [4.78, 5) is 1.35. The van der Waals surface area contributed by atoms with Crippen LogP contribution in [0.15, 0.2) is 23.1 Å². The molecular formula is C10H12ClNS. The molecule has 0 amide bonds. The summed E-state index contributed by atoms with van der Waals surface area (Å²) in [5.41, 5.74) is 7.05. The highest BCUT2D eigenvalue weighted by Gasteiger charge is 2.19. The number of fused-ring (bicyclic) bond motifs is 1. The Bertz CT molecular complexity index is 314. The van der Waals surface area contributed by atoms with Crippen molar-refractivity contribution >= 4 is 23.4 Å². The zero-order chi connectivity index (χ0) is 9.26. The van der Waals surface area contributed by atoms with Crippen LogP contribution >= 0.6 is 23.4 Å². The Hall–Kier alpha value is -0.180. The summed E-state index contributed by atoms with van der Waals surface area (Å²) in [6, 6.07) is 6.11. The summed E-state index contributed by atoms with van der Waals surface area (Å²) < 4.78 is 0. The Morgan fingerprint density at radius 3 is 3.15 bits per heavy atom. The van der Waals surface area contributed by atoms with Gasteiger partial charge in [-0.2, -0.15) is 0 Å². The Morgan fingerprint density at radius 2 is 2.38 bits per heavy atom. The molecule has 0 radical (unpaired) electrons. The van der Waals surface area contributed by atoms with Crippen molar-refractivity contribution in [2.45, 2.75) is 17.2 Å². The molecule has 0 saturated carbocycles. The van der Waals surface area contributed by atoms with Gasteiger partial charge in [-0.3, -0.25) is 0 Å². The molecule has 70 valence electrons. The highest BCUT2D eigenvalue weighted by atomic mass is 35.5. The van der Waals surface area contributed by atoms with Gasteiger partial charge in [-0.1, -0.05) is 11.6 Å². The zero-order valence-electron chi connectivity index (χ0n) is 7.29. The molecular weight excluding hydrogens is 202 g/mol. The quantitative estimate of drug-likeness (QED) is 0.777. The number of thioether (sulfide) groups is 1. The molecule has 2 rings (SSSR count). The second-order valence-electron chi connectivity index (χ2n) is 3.25. The van der Waals surface area contributed by atoms with Crippen LogP contribution in [0.3, 0.4) is 0 Å². The summed E-state index contributed by atoms with van der Waals surface area (Å²) in [7, 11) is 0. The van der Waals surface area contributed by atoms with Crippen LogP contribution in [-0.2, 0) is 0 Å². The van der Waals surface area contributed by atoms with Gasteiger partial charge in [-0.25, -0.2) is 0 Å². The van der Waals surface area contributed by atoms with Crippen LogP contribution in [0.5, 0.6) is 0 Å². The highest BCUT2D eigenvalue weighted by molar-refractivity contribution is 7.99. The average Bonchev–Trinajstić information content (AvgIpc) is 2.17. The van der Waals surface area contributed by atoms with E-state index in [2.05, 4.69) is 12.1 Å². The van der Waals surface area contributed by atoms with E-state index in [4.69, 9.17) is 17.3 Å². The first-order valence-electron chi connectivity index (χ1n) is 4.43. The average molecular weight is 214 g/mol. The first kappa shape index (κ1) is 9.38. The standard InChI is InChI=1S/C10H12ClNS/c11-8-1-2-10-9(5-8)7(6-12)3-4-13-10/h1-2,5,7H,3-4,6,12H2. The van der Waals surface area contributed by atoms with Crippen molar-refractivity contribution in [1.82, 2.24) is 0 Å². The molecule has 1 atom stereocenters. The van der Waals surface area contributed by atoms with E-state index in [0.717, 1.165) is 11.6 Å². The minimum Gasteiger partial charge on any atom is -0.330 e. The highest BCUT2D eigenvalue weighted by Crippen LogP contribution is 2.38. The largest absolute Gasteiger partial charge is 0.330 e. The SMILES string of the molecule is NCC1CCSc2ccc(Cl)cc21. The van der Waals surface area contributed by atoms with Crippen LogP contribution in [0.1, 0.15) is 17.9 Å². The van der Waals surface area contributed by atoms with Gasteiger partial charge in [0.25, 0.3) is 0 Å². The van der Waals surface area contributed by atoms with Crippen molar-refractivity contribution in [3.05, 3.63) is 28.8 Å². The molecule has 1 nitrogen and oxygen atoms in total. The van der Waals surface area contributed by atoms with Crippen LogP contribution < -0.4 is 5.73 Å². The predicted molar refractivity (Wildman–Crippen MR) is 58.6 cm³/mol. The third-order valence-corrected chi connectivity index (χ3v) is 3.78. The van der Waals surface area contributed by atoms with E-state index in [-0.39, 0.29) is 0 Å². The van der Waals surface area contributed by atoms with Gasteiger partial charge in [0.05, 0.1) is 0 Å². The number of nitrogens with two attached hydrogens (primary N) is 1. The summed E-state index contributed by atoms with van der Waals surface area (Å²) in [5, 5.41) is 0.819. The molecule has 1 heterocycles. The van der Waals surface area contributed by atoms with Crippen LogP contribution in [-0.4, -0.2) is 12.3 Å². The molecule has 0 saturated heterocycles. The first-order valence-corrected chi connectivity index (χ1v) is 5.80. The van der Waals surface area contributed by atoms with Crippen molar-refractivity contribution < 1.29 is 0 Å². The van der Waals surface area contributed by atoms with Gasteiger partial charge in [-0.05, 0) is 48.4 Å². The molecule has 13 heavy (non-hydrogen) atoms. The molecule has 1 unspecified atom stereocenters. The number of hydrogen-bond acceptors (Lipinski definition) is 2. The molecule has 3 heteroatoms. The summed E-state index contributed by atoms with van der Waals surface area (Å²) >= 11 is 7.85. The summed E-state index contributed by atoms with van der Waals surface area (Å²) in [6.45, 7) is 0.730. The fraction of sp³-hybridized carbons (Fsp3) is 0.400. The maximum absolute atomic E-state index is 5.95. The fourth-order valence-electron chi connectivity index (χ4n) is 1.68. The normalized spacial score (nSPS) is 21.2. The van der Waals surface area contributed by atoms with Crippen LogP contribution in [0.4, 0.5) is 0 Å². The van der Waals surface area contributed by atoms with Crippen molar-refractivity contribution in [2.75, 3.05) is 12.3 Å². The molecule has 0 aliphatic carbocycles. The van der Waals surface area contributed by atoms with E-state index in [0.29, 0.717) is 5.92 Å². The van der Waals surface area contributed by atoms with Crippen LogP contribution in [0.2, 0.25) is 5.02 Å². The number of benzene rings is 1. The molecule has 0 bridgehead atoms. The Kier molecular flexibility index (Phi) is 2.82. The smallest absolute Gasteiger partial charge is 0.0409 e. The molecule has 0 aromatic heterocycles. The van der Waals surface area contributed by atoms with Crippen LogP contribution in [0, 0.1) is 0 Å². The third kappa shape index (κ3) is 1.85. The van der Waals surface area contributed by atoms with Gasteiger partial charge in [0.2, 0.25) is 0 Å². The Labute approximate surface area is 87.7 Å². The topological polar surface area (TPSA) is 26.0 Å². The molecule has 1 aliphatic heterocycles. The minimum absolute atomic E-state index is 0.509. The third-order valence-electron chi connectivity index (χ3n) is 2.42. The first-order chi connectivity index (χ1) is 6.31. The fourth-order valence-corrected chi connectivity index (χ4v) is 3.04. The van der Waals surface area contributed by atoms with Gasteiger partial charge in [-0.15, -0.1) is 11.8 Å². The molecule has 1 aromatic rings. The predicted octanol–water partition coefficient (Wildman–Crippen LogP) is 2.88. The lowest BCUT2D eigenvalue weighted by Gasteiger charge is -2.23. The number of hydrogen-bond donors (Lipinski definition) is 1. The van der Waals surface area contributed by atoms with Gasteiger partial charge in [0.1, 0.15) is 0 Å². The van der Waals surface area contributed by atoms with Crippen molar-refractivity contribution in [3.63, 3.8) is 0 Å². The van der Waals surface area contributed by atoms with E-state index < -0.39 is 0 Å². The molecule has 1 aliphatic rings. The lowest BCUT2D eigenvalue weighted by atomic mass is 9.96. The zero-order valence-corrected chi connectivity index (χ0v) is 8.87. The Balaban J connectivity index is 2.41. The minimum atomic E-state index is 0.509. The summed E-state index contributed by atoms with van der Waals surface area (Å²) in [6.07, 6.45) is 1.18.